The van der Waals surface area contributed by atoms with Gasteiger partial charge in [-0.3, -0.25) is 9.59 Å². The maximum Gasteiger partial charge on any atom is 0.296 e. The molecular weight excluding hydrogens is 473 g/mol. The Balaban J connectivity index is 1.79. The number of aromatic nitrogens is 3. The fourth-order valence-corrected chi connectivity index (χ4v) is 3.93. The van der Waals surface area contributed by atoms with Crippen LogP contribution < -0.4 is 15.7 Å². The van der Waals surface area contributed by atoms with E-state index in [1.165, 1.54) is 15.9 Å². The highest BCUT2D eigenvalue weighted by Crippen LogP contribution is 2.09. The van der Waals surface area contributed by atoms with Crippen LogP contribution in [0.1, 0.15) is 22.4 Å². The maximum atomic E-state index is 12.7. The van der Waals surface area contributed by atoms with E-state index in [0.717, 1.165) is 20.3 Å². The summed E-state index contributed by atoms with van der Waals surface area (Å²) in [6.45, 7) is 2.01. The van der Waals surface area contributed by atoms with Crippen molar-refractivity contribution in [2.24, 2.45) is 0 Å². The van der Waals surface area contributed by atoms with Gasteiger partial charge in [0.05, 0.1) is 4.53 Å². The monoisotopic (exact) mass is 487 g/mol. The summed E-state index contributed by atoms with van der Waals surface area (Å²) in [6.07, 6.45) is 2.14. The van der Waals surface area contributed by atoms with Crippen LogP contribution in [0.3, 0.4) is 0 Å². The number of hydrogen-bond acceptors (Lipinski definition) is 5. The minimum atomic E-state index is -0.391. The van der Waals surface area contributed by atoms with Crippen LogP contribution in [0.2, 0.25) is 0 Å². The van der Waals surface area contributed by atoms with E-state index >= 15 is 0 Å². The van der Waals surface area contributed by atoms with E-state index in [4.69, 9.17) is 0 Å². The van der Waals surface area contributed by atoms with Gasteiger partial charge in [0, 0.05) is 9.99 Å². The van der Waals surface area contributed by atoms with E-state index < -0.39 is 5.56 Å². The van der Waals surface area contributed by atoms with E-state index in [1.807, 2.05) is 55.5 Å². The zero-order chi connectivity index (χ0) is 19.0. The van der Waals surface area contributed by atoms with Crippen molar-refractivity contribution in [1.29, 1.82) is 0 Å². The Bertz CT molecular complexity index is 1290. The second-order valence-corrected chi connectivity index (χ2v) is 8.44. The Morgan fingerprint density at radius 1 is 1.07 bits per heavy atom. The van der Waals surface area contributed by atoms with Crippen LogP contribution in [0.15, 0.2) is 58.1 Å². The molecule has 0 aliphatic heterocycles. The molecule has 0 aliphatic rings. The van der Waals surface area contributed by atoms with E-state index in [0.29, 0.717) is 15.9 Å². The first-order valence-electron chi connectivity index (χ1n) is 8.25. The average Bonchev–Trinajstić information content (AvgIpc) is 2.94. The van der Waals surface area contributed by atoms with E-state index in [-0.39, 0.29) is 11.3 Å². The van der Waals surface area contributed by atoms with Gasteiger partial charge in [-0.15, -0.1) is 0 Å². The van der Waals surface area contributed by atoms with Crippen molar-refractivity contribution in [3.63, 3.8) is 0 Å². The van der Waals surface area contributed by atoms with Crippen LogP contribution in [0.25, 0.3) is 11.0 Å². The van der Waals surface area contributed by atoms with Crippen molar-refractivity contribution in [2.45, 2.75) is 13.3 Å². The standard InChI is InChI=1S/C20H14IN3O2S/c1-12-2-4-13(5-3-12)10-16-18(25)22-20-24(23-16)19(26)17(27-20)11-14-6-8-15(21)9-7-14/h2-9,11H,10H2,1H3/b17-11+. The van der Waals surface area contributed by atoms with Crippen molar-refractivity contribution < 1.29 is 0 Å². The normalized spacial score (nSPS) is 12.0. The molecule has 0 aliphatic carbocycles. The van der Waals surface area contributed by atoms with Crippen LogP contribution >= 0.6 is 33.9 Å². The average molecular weight is 487 g/mol. The molecule has 0 N–H and O–H groups in total. The molecule has 134 valence electrons. The fourth-order valence-electron chi connectivity index (χ4n) is 2.66. The topological polar surface area (TPSA) is 64.3 Å². The van der Waals surface area contributed by atoms with Crippen LogP contribution in [0, 0.1) is 10.5 Å². The van der Waals surface area contributed by atoms with E-state index in [9.17, 15) is 9.59 Å². The van der Waals surface area contributed by atoms with Gasteiger partial charge in [0.2, 0.25) is 4.96 Å². The predicted molar refractivity (Wildman–Crippen MR) is 115 cm³/mol. The maximum absolute atomic E-state index is 12.7. The SMILES string of the molecule is Cc1ccc(Cc2nn3c(=O)/c(=C\c4ccc(I)cc4)sc3nc2=O)cc1. The largest absolute Gasteiger partial charge is 0.296 e. The molecule has 0 radical (unpaired) electrons. The first kappa shape index (κ1) is 18.0. The molecule has 0 unspecified atom stereocenters. The molecule has 0 amide bonds. The zero-order valence-electron chi connectivity index (χ0n) is 14.3. The first-order valence-corrected chi connectivity index (χ1v) is 10.1. The van der Waals surface area contributed by atoms with Gasteiger partial charge in [0.1, 0.15) is 5.69 Å². The number of halogens is 1. The first-order chi connectivity index (χ1) is 13.0. The summed E-state index contributed by atoms with van der Waals surface area (Å²) in [5.41, 5.74) is 2.64. The van der Waals surface area contributed by atoms with Crippen molar-refractivity contribution in [3.8, 4) is 0 Å². The van der Waals surface area contributed by atoms with Crippen LogP contribution in [-0.2, 0) is 6.42 Å². The lowest BCUT2D eigenvalue weighted by molar-refractivity contribution is 0.811. The molecule has 0 fully saturated rings. The molecule has 2 aromatic heterocycles. The number of hydrogen-bond donors (Lipinski definition) is 0. The lowest BCUT2D eigenvalue weighted by Gasteiger charge is -2.01. The molecule has 0 saturated heterocycles. The van der Waals surface area contributed by atoms with Crippen LogP contribution in [0.5, 0.6) is 0 Å². The number of benzene rings is 2. The minimum Gasteiger partial charge on any atom is -0.266 e. The Labute approximate surface area is 172 Å². The van der Waals surface area contributed by atoms with Gasteiger partial charge in [-0.05, 0) is 58.9 Å². The van der Waals surface area contributed by atoms with Crippen molar-refractivity contribution in [2.75, 3.05) is 0 Å². The Morgan fingerprint density at radius 3 is 2.48 bits per heavy atom. The molecular formula is C20H14IN3O2S. The molecule has 0 spiro atoms. The zero-order valence-corrected chi connectivity index (χ0v) is 17.3. The summed E-state index contributed by atoms with van der Waals surface area (Å²) in [4.78, 5) is 29.4. The van der Waals surface area contributed by atoms with Crippen molar-refractivity contribution >= 4 is 45.0 Å². The van der Waals surface area contributed by atoms with Gasteiger partial charge in [-0.25, -0.2) is 0 Å². The molecule has 5 nitrogen and oxygen atoms in total. The quantitative estimate of drug-likeness (QED) is 0.417. The van der Waals surface area contributed by atoms with Crippen LogP contribution in [-0.4, -0.2) is 14.6 Å². The lowest BCUT2D eigenvalue weighted by atomic mass is 10.1. The third-order valence-electron chi connectivity index (χ3n) is 4.11. The second-order valence-electron chi connectivity index (χ2n) is 6.19. The number of rotatable bonds is 3. The number of nitrogens with zero attached hydrogens (tertiary/aromatic N) is 3. The summed E-state index contributed by atoms with van der Waals surface area (Å²) in [5.74, 6) is 0. The number of aryl methyl sites for hydroxylation is 1. The molecule has 4 rings (SSSR count). The summed E-state index contributed by atoms with van der Waals surface area (Å²) in [6, 6.07) is 15.7. The highest BCUT2D eigenvalue weighted by atomic mass is 127. The van der Waals surface area contributed by atoms with Crippen LogP contribution in [0.4, 0.5) is 0 Å². The lowest BCUT2D eigenvalue weighted by Crippen LogP contribution is -2.28. The summed E-state index contributed by atoms with van der Waals surface area (Å²) in [5, 5.41) is 4.29. The highest BCUT2D eigenvalue weighted by Gasteiger charge is 2.11. The summed E-state index contributed by atoms with van der Waals surface area (Å²) in [7, 11) is 0. The minimum absolute atomic E-state index is 0.258. The third-order valence-corrected chi connectivity index (χ3v) is 5.79. The Kier molecular flexibility index (Phi) is 4.88. The highest BCUT2D eigenvalue weighted by molar-refractivity contribution is 14.1. The smallest absolute Gasteiger partial charge is 0.266 e. The van der Waals surface area contributed by atoms with Gasteiger partial charge < -0.3 is 0 Å². The summed E-state index contributed by atoms with van der Waals surface area (Å²) < 4.78 is 2.86. The predicted octanol–water partition coefficient (Wildman–Crippen LogP) is 2.56. The van der Waals surface area contributed by atoms with E-state index in [1.54, 1.807) is 6.08 Å². The molecule has 27 heavy (non-hydrogen) atoms. The van der Waals surface area contributed by atoms with E-state index in [2.05, 4.69) is 32.7 Å². The molecule has 7 heteroatoms. The Morgan fingerprint density at radius 2 is 1.78 bits per heavy atom. The Hall–Kier alpha value is -2.39. The van der Waals surface area contributed by atoms with Gasteiger partial charge in [-0.2, -0.15) is 14.6 Å². The number of thiazole rings is 1. The van der Waals surface area contributed by atoms with Gasteiger partial charge >= 0.3 is 0 Å². The van der Waals surface area contributed by atoms with Gasteiger partial charge in [0.25, 0.3) is 11.1 Å². The molecule has 2 heterocycles. The third kappa shape index (κ3) is 3.84. The molecule has 4 aromatic rings. The summed E-state index contributed by atoms with van der Waals surface area (Å²) >= 11 is 3.41. The van der Waals surface area contributed by atoms with Crippen molar-refractivity contribution in [1.82, 2.24) is 14.6 Å². The molecule has 0 saturated carbocycles. The molecule has 0 bridgehead atoms. The van der Waals surface area contributed by atoms with Gasteiger partial charge in [-0.1, -0.05) is 53.3 Å². The second kappa shape index (κ2) is 7.32. The molecule has 0 atom stereocenters. The number of fused-ring (bicyclic) bond motifs is 1. The fraction of sp³-hybridized carbons (Fsp3) is 0.100. The van der Waals surface area contributed by atoms with Crippen molar-refractivity contribution in [3.05, 3.63) is 99.7 Å². The van der Waals surface area contributed by atoms with Gasteiger partial charge in [0.15, 0.2) is 0 Å². The molecule has 2 aromatic carbocycles.